The Morgan fingerprint density at radius 3 is 2.15 bits per heavy atom. The summed E-state index contributed by atoms with van der Waals surface area (Å²) in [4.78, 5) is 13.8. The third-order valence-electron chi connectivity index (χ3n) is 1.97. The molecule has 0 aliphatic heterocycles. The van der Waals surface area contributed by atoms with Crippen LogP contribution in [0.5, 0.6) is 5.75 Å². The van der Waals surface area contributed by atoms with Gasteiger partial charge in [-0.05, 0) is 11.6 Å². The largest absolute Gasteiger partial charge is 0.573 e. The first-order valence-electron chi connectivity index (χ1n) is 4.58. The van der Waals surface area contributed by atoms with E-state index in [4.69, 9.17) is 23.2 Å². The summed E-state index contributed by atoms with van der Waals surface area (Å²) in [5.41, 5.74) is -3.84. The van der Waals surface area contributed by atoms with Crippen molar-refractivity contribution in [1.29, 1.82) is 0 Å². The van der Waals surface area contributed by atoms with Gasteiger partial charge in [0.1, 0.15) is 0 Å². The zero-order chi connectivity index (χ0) is 15.7. The molecule has 11 heteroatoms. The van der Waals surface area contributed by atoms with Gasteiger partial charge in [0.15, 0.2) is 11.4 Å². The van der Waals surface area contributed by atoms with Crippen LogP contribution in [0.15, 0.2) is 6.20 Å². The Kier molecular flexibility index (Phi) is 4.75. The molecule has 0 aliphatic carbocycles. The lowest BCUT2D eigenvalue weighted by Crippen LogP contribution is -2.21. The summed E-state index contributed by atoms with van der Waals surface area (Å²) < 4.78 is 77.6. The number of carbonyl (C=O) groups excluding carboxylic acids is 1. The van der Waals surface area contributed by atoms with Gasteiger partial charge in [0.05, 0.1) is 17.6 Å². The molecule has 1 aromatic heterocycles. The first-order valence-corrected chi connectivity index (χ1v) is 5.49. The SMILES string of the molecule is O=C(Cl)c1c(C(F)(F)F)ncc(OC(F)(F)F)c1CCl. The molecule has 1 heterocycles. The van der Waals surface area contributed by atoms with E-state index in [9.17, 15) is 31.1 Å². The Hall–Kier alpha value is -1.22. The number of aromatic nitrogens is 1. The van der Waals surface area contributed by atoms with E-state index in [2.05, 4.69) is 9.72 Å². The molecule has 1 aromatic rings. The fourth-order valence-electron chi connectivity index (χ4n) is 1.30. The van der Waals surface area contributed by atoms with Crippen LogP contribution in [0.25, 0.3) is 0 Å². The van der Waals surface area contributed by atoms with Crippen molar-refractivity contribution in [1.82, 2.24) is 4.98 Å². The summed E-state index contributed by atoms with van der Waals surface area (Å²) in [6, 6.07) is 0. The lowest BCUT2D eigenvalue weighted by atomic mass is 10.1. The van der Waals surface area contributed by atoms with E-state index in [0.717, 1.165) is 0 Å². The van der Waals surface area contributed by atoms with Gasteiger partial charge in [-0.25, -0.2) is 4.98 Å². The maximum Gasteiger partial charge on any atom is 0.573 e. The molecule has 112 valence electrons. The van der Waals surface area contributed by atoms with Gasteiger partial charge in [-0.2, -0.15) is 13.2 Å². The van der Waals surface area contributed by atoms with E-state index in [0.29, 0.717) is 0 Å². The van der Waals surface area contributed by atoms with Crippen molar-refractivity contribution in [3.63, 3.8) is 0 Å². The average molecular weight is 342 g/mol. The van der Waals surface area contributed by atoms with Gasteiger partial charge in [0, 0.05) is 5.56 Å². The lowest BCUT2D eigenvalue weighted by Gasteiger charge is -2.16. The molecule has 0 unspecified atom stereocenters. The van der Waals surface area contributed by atoms with E-state index < -0.39 is 46.2 Å². The minimum absolute atomic E-state index is 0.178. The van der Waals surface area contributed by atoms with E-state index in [-0.39, 0.29) is 6.20 Å². The molecule has 0 aromatic carbocycles. The van der Waals surface area contributed by atoms with Crippen molar-refractivity contribution < 1.29 is 35.9 Å². The summed E-state index contributed by atoms with van der Waals surface area (Å²) in [6.07, 6.45) is -10.1. The van der Waals surface area contributed by atoms with Gasteiger partial charge in [0.2, 0.25) is 0 Å². The van der Waals surface area contributed by atoms with Crippen molar-refractivity contribution in [3.8, 4) is 5.75 Å². The number of hydrogen-bond acceptors (Lipinski definition) is 3. The molecule has 0 spiro atoms. The first kappa shape index (κ1) is 16.8. The quantitative estimate of drug-likeness (QED) is 0.471. The summed E-state index contributed by atoms with van der Waals surface area (Å²) in [7, 11) is 0. The molecule has 0 amide bonds. The normalized spacial score (nSPS) is 12.4. The van der Waals surface area contributed by atoms with Gasteiger partial charge in [0.25, 0.3) is 5.24 Å². The van der Waals surface area contributed by atoms with E-state index in [1.165, 1.54) is 0 Å². The average Bonchev–Trinajstić information content (AvgIpc) is 2.24. The number of halogens is 8. The van der Waals surface area contributed by atoms with E-state index >= 15 is 0 Å². The number of carbonyl (C=O) groups is 1. The molecular formula is C9H3Cl2F6NO2. The number of alkyl halides is 7. The zero-order valence-corrected chi connectivity index (χ0v) is 10.6. The highest BCUT2D eigenvalue weighted by molar-refractivity contribution is 6.68. The highest BCUT2D eigenvalue weighted by atomic mass is 35.5. The molecule has 0 saturated heterocycles. The highest BCUT2D eigenvalue weighted by Gasteiger charge is 2.40. The lowest BCUT2D eigenvalue weighted by molar-refractivity contribution is -0.275. The third kappa shape index (κ3) is 3.89. The standard InChI is InChI=1S/C9H3Cl2F6NO2/c10-1-3-4(20-9(15,16)17)2-18-6(8(12,13)14)5(3)7(11)19/h2H,1H2. The van der Waals surface area contributed by atoms with Crippen molar-refractivity contribution in [3.05, 3.63) is 23.0 Å². The summed E-state index contributed by atoms with van der Waals surface area (Å²) in [5.74, 6) is -1.98. The van der Waals surface area contributed by atoms with Crippen LogP contribution in [0.4, 0.5) is 26.3 Å². The van der Waals surface area contributed by atoms with E-state index in [1.54, 1.807) is 0 Å². The van der Waals surface area contributed by atoms with Crippen LogP contribution in [-0.4, -0.2) is 16.6 Å². The van der Waals surface area contributed by atoms with Crippen LogP contribution in [0.2, 0.25) is 0 Å². The van der Waals surface area contributed by atoms with Crippen molar-refractivity contribution in [2.45, 2.75) is 18.4 Å². The summed E-state index contributed by atoms with van der Waals surface area (Å²) in [6.45, 7) is 0. The van der Waals surface area contributed by atoms with Crippen molar-refractivity contribution in [2.24, 2.45) is 0 Å². The Bertz CT molecular complexity index is 528. The molecule has 0 atom stereocenters. The van der Waals surface area contributed by atoms with Crippen molar-refractivity contribution >= 4 is 28.4 Å². The fraction of sp³-hybridized carbons (Fsp3) is 0.333. The fourth-order valence-corrected chi connectivity index (χ4v) is 1.77. The Morgan fingerprint density at radius 2 is 1.80 bits per heavy atom. The molecule has 0 N–H and O–H groups in total. The molecular weight excluding hydrogens is 339 g/mol. The Balaban J connectivity index is 3.54. The van der Waals surface area contributed by atoms with Gasteiger partial charge in [-0.1, -0.05) is 0 Å². The van der Waals surface area contributed by atoms with Gasteiger partial charge < -0.3 is 4.74 Å². The van der Waals surface area contributed by atoms with Crippen molar-refractivity contribution in [2.75, 3.05) is 0 Å². The number of pyridine rings is 1. The molecule has 20 heavy (non-hydrogen) atoms. The van der Waals surface area contributed by atoms with Gasteiger partial charge >= 0.3 is 12.5 Å². The maximum absolute atomic E-state index is 12.6. The Morgan fingerprint density at radius 1 is 1.25 bits per heavy atom. The first-order chi connectivity index (χ1) is 8.97. The number of ether oxygens (including phenoxy) is 1. The van der Waals surface area contributed by atoms with E-state index in [1.807, 2.05) is 0 Å². The van der Waals surface area contributed by atoms with Crippen LogP contribution in [0.1, 0.15) is 21.6 Å². The van der Waals surface area contributed by atoms with Crippen LogP contribution < -0.4 is 4.74 Å². The predicted molar refractivity (Wildman–Crippen MR) is 55.7 cm³/mol. The number of hydrogen-bond donors (Lipinski definition) is 0. The smallest absolute Gasteiger partial charge is 0.404 e. The summed E-state index contributed by atoms with van der Waals surface area (Å²) >= 11 is 10.2. The second kappa shape index (κ2) is 5.65. The van der Waals surface area contributed by atoms with Gasteiger partial charge in [-0.3, -0.25) is 4.79 Å². The second-order valence-corrected chi connectivity index (χ2v) is 3.89. The van der Waals surface area contributed by atoms with Crippen LogP contribution in [0, 0.1) is 0 Å². The predicted octanol–water partition coefficient (Wildman–Crippen LogP) is 4.12. The molecule has 0 aliphatic rings. The minimum Gasteiger partial charge on any atom is -0.404 e. The molecule has 0 fully saturated rings. The van der Waals surface area contributed by atoms with Crippen LogP contribution in [-0.2, 0) is 12.1 Å². The Labute approximate surface area is 117 Å². The second-order valence-electron chi connectivity index (χ2n) is 3.28. The minimum atomic E-state index is -5.19. The monoisotopic (exact) mass is 341 g/mol. The number of rotatable bonds is 3. The van der Waals surface area contributed by atoms with Crippen LogP contribution in [0.3, 0.4) is 0 Å². The molecule has 3 nitrogen and oxygen atoms in total. The maximum atomic E-state index is 12.6. The molecule has 0 bridgehead atoms. The van der Waals surface area contributed by atoms with Gasteiger partial charge in [-0.15, -0.1) is 24.8 Å². The summed E-state index contributed by atoms with van der Waals surface area (Å²) in [5, 5.41) is -1.65. The van der Waals surface area contributed by atoms with Crippen LogP contribution >= 0.6 is 23.2 Å². The highest BCUT2D eigenvalue weighted by Crippen LogP contribution is 2.37. The number of nitrogens with zero attached hydrogens (tertiary/aromatic N) is 1. The molecule has 1 rings (SSSR count). The zero-order valence-electron chi connectivity index (χ0n) is 9.07. The molecule has 0 saturated carbocycles. The third-order valence-corrected chi connectivity index (χ3v) is 2.43. The topological polar surface area (TPSA) is 39.2 Å². The molecule has 0 radical (unpaired) electrons.